The van der Waals surface area contributed by atoms with Gasteiger partial charge in [-0.15, -0.1) is 0 Å². The van der Waals surface area contributed by atoms with Crippen molar-refractivity contribution in [3.63, 3.8) is 0 Å². The average molecular weight is 409 g/mol. The first-order chi connectivity index (χ1) is 12.1. The minimum absolute atomic E-state index is 0.199. The third kappa shape index (κ3) is 3.12. The number of anilines is 1. The number of halogens is 1. The quantitative estimate of drug-likeness (QED) is 0.758. The fourth-order valence-corrected chi connectivity index (χ4v) is 3.21. The van der Waals surface area contributed by atoms with E-state index in [0.717, 1.165) is 10.0 Å². The SMILES string of the molecule is COCC1=C(C(=O)OC)[C@H](c2cc(Br)ccc2OC)n2ncnc2N1. The highest BCUT2D eigenvalue weighted by Gasteiger charge is 2.37. The molecule has 8 nitrogen and oxygen atoms in total. The number of methoxy groups -OCH3 is 3. The molecule has 1 atom stereocenters. The molecule has 0 fully saturated rings. The summed E-state index contributed by atoms with van der Waals surface area (Å²) < 4.78 is 18.2. The molecule has 25 heavy (non-hydrogen) atoms. The predicted molar refractivity (Wildman–Crippen MR) is 93.4 cm³/mol. The molecule has 9 heteroatoms. The van der Waals surface area contributed by atoms with E-state index in [1.807, 2.05) is 18.2 Å². The van der Waals surface area contributed by atoms with Gasteiger partial charge >= 0.3 is 5.97 Å². The third-order valence-corrected chi connectivity index (χ3v) is 4.35. The first-order valence-corrected chi connectivity index (χ1v) is 8.20. The summed E-state index contributed by atoms with van der Waals surface area (Å²) >= 11 is 3.47. The summed E-state index contributed by atoms with van der Waals surface area (Å²) in [7, 11) is 4.47. The van der Waals surface area contributed by atoms with E-state index in [0.29, 0.717) is 23.0 Å². The van der Waals surface area contributed by atoms with Crippen molar-refractivity contribution in [2.24, 2.45) is 0 Å². The van der Waals surface area contributed by atoms with E-state index < -0.39 is 12.0 Å². The van der Waals surface area contributed by atoms with Gasteiger partial charge in [0.15, 0.2) is 0 Å². The number of carbonyl (C=O) groups is 1. The Morgan fingerprint density at radius 1 is 1.36 bits per heavy atom. The Morgan fingerprint density at radius 2 is 2.16 bits per heavy atom. The molecule has 1 aromatic carbocycles. The normalized spacial score (nSPS) is 16.2. The van der Waals surface area contributed by atoms with E-state index in [-0.39, 0.29) is 6.61 Å². The Morgan fingerprint density at radius 3 is 2.84 bits per heavy atom. The van der Waals surface area contributed by atoms with Gasteiger partial charge in [-0.05, 0) is 18.2 Å². The molecule has 0 saturated carbocycles. The summed E-state index contributed by atoms with van der Waals surface area (Å²) in [6.07, 6.45) is 1.42. The number of nitrogens with zero attached hydrogens (tertiary/aromatic N) is 3. The van der Waals surface area contributed by atoms with Gasteiger partial charge in [0.2, 0.25) is 5.95 Å². The number of rotatable bonds is 5. The largest absolute Gasteiger partial charge is 0.496 e. The third-order valence-electron chi connectivity index (χ3n) is 3.86. The molecule has 0 amide bonds. The smallest absolute Gasteiger partial charge is 0.338 e. The number of carbonyl (C=O) groups excluding carboxylic acids is 1. The summed E-state index contributed by atoms with van der Waals surface area (Å²) in [6, 6.07) is 5.00. The first-order valence-electron chi connectivity index (χ1n) is 7.41. The van der Waals surface area contributed by atoms with Crippen molar-refractivity contribution < 1.29 is 19.0 Å². The van der Waals surface area contributed by atoms with E-state index in [4.69, 9.17) is 14.2 Å². The molecule has 1 aliphatic rings. The fourth-order valence-electron chi connectivity index (χ4n) is 2.83. The summed E-state index contributed by atoms with van der Waals surface area (Å²) in [6.45, 7) is 0.199. The van der Waals surface area contributed by atoms with Crippen molar-refractivity contribution in [2.75, 3.05) is 33.3 Å². The van der Waals surface area contributed by atoms with Crippen molar-refractivity contribution >= 4 is 27.8 Å². The molecule has 0 spiro atoms. The van der Waals surface area contributed by atoms with Crippen LogP contribution in [-0.2, 0) is 14.3 Å². The molecule has 0 aliphatic carbocycles. The van der Waals surface area contributed by atoms with Crippen LogP contribution in [0.25, 0.3) is 0 Å². The number of hydrogen-bond donors (Lipinski definition) is 1. The van der Waals surface area contributed by atoms with Crippen LogP contribution < -0.4 is 10.1 Å². The van der Waals surface area contributed by atoms with Crippen LogP contribution in [0.5, 0.6) is 5.75 Å². The number of benzene rings is 1. The number of esters is 1. The number of hydrogen-bond acceptors (Lipinski definition) is 7. The maximum atomic E-state index is 12.6. The van der Waals surface area contributed by atoms with E-state index in [9.17, 15) is 4.79 Å². The van der Waals surface area contributed by atoms with Crippen LogP contribution >= 0.6 is 15.9 Å². The van der Waals surface area contributed by atoms with E-state index in [1.165, 1.54) is 13.4 Å². The lowest BCUT2D eigenvalue weighted by atomic mass is 9.94. The van der Waals surface area contributed by atoms with Gasteiger partial charge in [-0.25, -0.2) is 9.48 Å². The Kier molecular flexibility index (Phi) is 5.05. The van der Waals surface area contributed by atoms with Crippen LogP contribution in [0.2, 0.25) is 0 Å². The molecule has 1 N–H and O–H groups in total. The van der Waals surface area contributed by atoms with E-state index >= 15 is 0 Å². The van der Waals surface area contributed by atoms with Gasteiger partial charge in [0.1, 0.15) is 18.1 Å². The fraction of sp³-hybridized carbons (Fsp3) is 0.312. The molecule has 0 radical (unpaired) electrons. The number of fused-ring (bicyclic) bond motifs is 1. The highest BCUT2D eigenvalue weighted by atomic mass is 79.9. The van der Waals surface area contributed by atoms with Crippen LogP contribution in [0, 0.1) is 0 Å². The highest BCUT2D eigenvalue weighted by Crippen LogP contribution is 2.40. The zero-order valence-electron chi connectivity index (χ0n) is 13.9. The van der Waals surface area contributed by atoms with Crippen molar-refractivity contribution in [3.8, 4) is 5.75 Å². The number of aromatic nitrogens is 3. The van der Waals surface area contributed by atoms with Gasteiger partial charge < -0.3 is 19.5 Å². The lowest BCUT2D eigenvalue weighted by molar-refractivity contribution is -0.136. The van der Waals surface area contributed by atoms with Crippen molar-refractivity contribution in [3.05, 3.63) is 45.8 Å². The number of ether oxygens (including phenoxy) is 3. The van der Waals surface area contributed by atoms with Crippen molar-refractivity contribution in [2.45, 2.75) is 6.04 Å². The molecular formula is C16H17BrN4O4. The molecular weight excluding hydrogens is 392 g/mol. The van der Waals surface area contributed by atoms with Gasteiger partial charge in [0.05, 0.1) is 32.1 Å². The Bertz CT molecular complexity index is 833. The van der Waals surface area contributed by atoms with E-state index in [1.54, 1.807) is 18.9 Å². The molecule has 0 unspecified atom stereocenters. The molecule has 1 aromatic heterocycles. The molecule has 3 rings (SSSR count). The number of nitrogens with one attached hydrogen (secondary N) is 1. The van der Waals surface area contributed by atoms with Gasteiger partial charge in [-0.1, -0.05) is 15.9 Å². The van der Waals surface area contributed by atoms with Gasteiger partial charge in [0, 0.05) is 17.1 Å². The van der Waals surface area contributed by atoms with Gasteiger partial charge in [0.25, 0.3) is 0 Å². The second-order valence-corrected chi connectivity index (χ2v) is 6.17. The monoisotopic (exact) mass is 408 g/mol. The first kappa shape index (κ1) is 17.4. The van der Waals surface area contributed by atoms with Gasteiger partial charge in [-0.3, -0.25) is 0 Å². The van der Waals surface area contributed by atoms with Gasteiger partial charge in [-0.2, -0.15) is 10.1 Å². The Balaban J connectivity index is 2.26. The summed E-state index contributed by atoms with van der Waals surface area (Å²) in [5, 5.41) is 7.36. The Labute approximate surface area is 152 Å². The minimum atomic E-state index is -0.566. The molecule has 132 valence electrons. The molecule has 0 bridgehead atoms. The van der Waals surface area contributed by atoms with Crippen molar-refractivity contribution in [1.82, 2.24) is 14.8 Å². The highest BCUT2D eigenvalue weighted by molar-refractivity contribution is 9.10. The summed E-state index contributed by atoms with van der Waals surface area (Å²) in [4.78, 5) is 16.8. The van der Waals surface area contributed by atoms with Crippen LogP contribution in [0.3, 0.4) is 0 Å². The standard InChI is InChI=1S/C16H17BrN4O4/c1-23-7-11-13(15(22)25-3)14(21-16(20-11)18-8-19-21)10-6-9(17)4-5-12(10)24-2/h4-6,8,14H,7H2,1-3H3,(H,18,19,20)/t14-/m0/s1. The topological polar surface area (TPSA) is 87.5 Å². The second-order valence-electron chi connectivity index (χ2n) is 5.26. The molecule has 2 aromatic rings. The predicted octanol–water partition coefficient (Wildman–Crippen LogP) is 2.14. The van der Waals surface area contributed by atoms with E-state index in [2.05, 4.69) is 31.3 Å². The minimum Gasteiger partial charge on any atom is -0.496 e. The summed E-state index contributed by atoms with van der Waals surface area (Å²) in [5.41, 5.74) is 1.71. The summed E-state index contributed by atoms with van der Waals surface area (Å²) in [5.74, 6) is 0.647. The zero-order valence-corrected chi connectivity index (χ0v) is 15.5. The maximum Gasteiger partial charge on any atom is 0.338 e. The lowest BCUT2D eigenvalue weighted by Gasteiger charge is -2.29. The molecule has 0 saturated heterocycles. The second kappa shape index (κ2) is 7.24. The Hall–Kier alpha value is -2.39. The van der Waals surface area contributed by atoms with Crippen LogP contribution in [0.4, 0.5) is 5.95 Å². The lowest BCUT2D eigenvalue weighted by Crippen LogP contribution is -2.31. The average Bonchev–Trinajstić information content (AvgIpc) is 3.08. The van der Waals surface area contributed by atoms with Crippen molar-refractivity contribution in [1.29, 1.82) is 0 Å². The van der Waals surface area contributed by atoms with Crippen LogP contribution in [0.1, 0.15) is 11.6 Å². The maximum absolute atomic E-state index is 12.6. The zero-order chi connectivity index (χ0) is 18.0. The van der Waals surface area contributed by atoms with Crippen LogP contribution in [0.15, 0.2) is 40.3 Å². The van der Waals surface area contributed by atoms with Crippen LogP contribution in [-0.4, -0.2) is 48.7 Å². The molecule has 1 aliphatic heterocycles. The molecule has 2 heterocycles.